The Balaban J connectivity index is 1.43. The van der Waals surface area contributed by atoms with E-state index in [1.807, 2.05) is 23.0 Å². The van der Waals surface area contributed by atoms with E-state index in [1.54, 1.807) is 12.4 Å². The van der Waals surface area contributed by atoms with E-state index >= 15 is 0 Å². The zero-order valence-electron chi connectivity index (χ0n) is 17.6. The first-order valence-electron chi connectivity index (χ1n) is 10.6. The lowest BCUT2D eigenvalue weighted by Crippen LogP contribution is -2.26. The number of fused-ring (bicyclic) bond motifs is 1. The molecule has 3 aromatic rings. The van der Waals surface area contributed by atoms with Gasteiger partial charge in [0.1, 0.15) is 0 Å². The SMILES string of the molecule is C=C1CCc2c1ccc(CCN(CCC)Cc1cnn(-c3ccncc3)c1)c2C. The second-order valence-corrected chi connectivity index (χ2v) is 8.00. The van der Waals surface area contributed by atoms with Crippen LogP contribution in [0.25, 0.3) is 11.3 Å². The van der Waals surface area contributed by atoms with Crippen LogP contribution in [0.4, 0.5) is 0 Å². The molecule has 2 heterocycles. The van der Waals surface area contributed by atoms with Crippen LogP contribution in [0.15, 0.2) is 55.6 Å². The number of nitrogens with zero attached hydrogens (tertiary/aromatic N) is 4. The highest BCUT2D eigenvalue weighted by molar-refractivity contribution is 5.72. The maximum Gasteiger partial charge on any atom is 0.0676 e. The van der Waals surface area contributed by atoms with Gasteiger partial charge in [-0.3, -0.25) is 9.88 Å². The van der Waals surface area contributed by atoms with Crippen molar-refractivity contribution < 1.29 is 0 Å². The van der Waals surface area contributed by atoms with Crippen molar-refractivity contribution in [2.24, 2.45) is 0 Å². The Kier molecular flexibility index (Phi) is 5.91. The third-order valence-corrected chi connectivity index (χ3v) is 5.98. The van der Waals surface area contributed by atoms with E-state index in [2.05, 4.69) is 53.7 Å². The molecule has 0 saturated heterocycles. The Morgan fingerprint density at radius 3 is 2.72 bits per heavy atom. The zero-order chi connectivity index (χ0) is 20.2. The average Bonchev–Trinajstić information content (AvgIpc) is 3.35. The fraction of sp³-hybridized carbons (Fsp3) is 0.360. The smallest absolute Gasteiger partial charge is 0.0676 e. The number of hydrogen-bond donors (Lipinski definition) is 0. The van der Waals surface area contributed by atoms with Crippen molar-refractivity contribution in [3.05, 3.63) is 83.4 Å². The van der Waals surface area contributed by atoms with E-state index in [-0.39, 0.29) is 0 Å². The normalized spacial score (nSPS) is 13.3. The number of pyridine rings is 1. The molecule has 1 aromatic carbocycles. The van der Waals surface area contributed by atoms with Crippen LogP contribution in [0.2, 0.25) is 0 Å². The lowest BCUT2D eigenvalue weighted by molar-refractivity contribution is 0.269. The van der Waals surface area contributed by atoms with Crippen LogP contribution < -0.4 is 0 Å². The van der Waals surface area contributed by atoms with E-state index in [9.17, 15) is 0 Å². The molecule has 0 aliphatic heterocycles. The first-order chi connectivity index (χ1) is 14.2. The van der Waals surface area contributed by atoms with E-state index in [4.69, 9.17) is 0 Å². The van der Waals surface area contributed by atoms with Crippen LogP contribution in [0.1, 0.15) is 47.6 Å². The summed E-state index contributed by atoms with van der Waals surface area (Å²) in [7, 11) is 0. The Hall–Kier alpha value is -2.72. The molecule has 0 N–H and O–H groups in total. The number of benzene rings is 1. The van der Waals surface area contributed by atoms with E-state index in [1.165, 1.54) is 33.4 Å². The molecule has 0 spiro atoms. The Labute approximate surface area is 173 Å². The van der Waals surface area contributed by atoms with Crippen molar-refractivity contribution in [3.63, 3.8) is 0 Å². The highest BCUT2D eigenvalue weighted by Crippen LogP contribution is 2.34. The first-order valence-corrected chi connectivity index (χ1v) is 10.6. The molecule has 0 fully saturated rings. The summed E-state index contributed by atoms with van der Waals surface area (Å²) in [6.45, 7) is 11.8. The molecule has 150 valence electrons. The standard InChI is InChI=1S/C25H30N4/c1-4-14-28(17-21-16-27-29(18-21)23-9-12-26-13-10-23)15-11-22-6-8-24-19(2)5-7-25(24)20(22)3/h6,8-10,12-13,16,18H,2,4-5,7,11,14-15,17H2,1,3H3. The van der Waals surface area contributed by atoms with Gasteiger partial charge in [-0.25, -0.2) is 4.68 Å². The van der Waals surface area contributed by atoms with Crippen LogP contribution in [0.3, 0.4) is 0 Å². The third-order valence-electron chi connectivity index (χ3n) is 5.98. The summed E-state index contributed by atoms with van der Waals surface area (Å²) in [5.74, 6) is 0. The lowest BCUT2D eigenvalue weighted by Gasteiger charge is -2.22. The number of rotatable bonds is 8. The van der Waals surface area contributed by atoms with Gasteiger partial charge in [0, 0.05) is 37.2 Å². The Morgan fingerprint density at radius 1 is 1.10 bits per heavy atom. The Bertz CT molecular complexity index is 987. The molecule has 4 nitrogen and oxygen atoms in total. The van der Waals surface area contributed by atoms with Crippen LogP contribution >= 0.6 is 0 Å². The maximum atomic E-state index is 4.53. The first kappa shape index (κ1) is 19.6. The molecule has 1 aliphatic carbocycles. The van der Waals surface area contributed by atoms with Crippen LogP contribution in [-0.4, -0.2) is 32.8 Å². The minimum atomic E-state index is 0.930. The van der Waals surface area contributed by atoms with Crippen molar-refractivity contribution in [2.75, 3.05) is 13.1 Å². The van der Waals surface area contributed by atoms with Crippen molar-refractivity contribution in [3.8, 4) is 5.69 Å². The molecular formula is C25H30N4. The molecule has 0 radical (unpaired) electrons. The minimum absolute atomic E-state index is 0.930. The molecule has 0 atom stereocenters. The van der Waals surface area contributed by atoms with Gasteiger partial charge in [-0.15, -0.1) is 0 Å². The van der Waals surface area contributed by atoms with Crippen molar-refractivity contribution in [1.82, 2.24) is 19.7 Å². The van der Waals surface area contributed by atoms with Gasteiger partial charge >= 0.3 is 0 Å². The quantitative estimate of drug-likeness (QED) is 0.547. The summed E-state index contributed by atoms with van der Waals surface area (Å²) < 4.78 is 1.93. The number of aromatic nitrogens is 3. The van der Waals surface area contributed by atoms with Gasteiger partial charge in [0.2, 0.25) is 0 Å². The Morgan fingerprint density at radius 2 is 1.93 bits per heavy atom. The number of allylic oxidation sites excluding steroid dienone is 1. The van der Waals surface area contributed by atoms with Crippen molar-refractivity contribution >= 4 is 5.57 Å². The molecular weight excluding hydrogens is 356 g/mol. The number of hydrogen-bond acceptors (Lipinski definition) is 3. The predicted molar refractivity (Wildman–Crippen MR) is 119 cm³/mol. The van der Waals surface area contributed by atoms with Crippen molar-refractivity contribution in [1.29, 1.82) is 0 Å². The monoisotopic (exact) mass is 386 g/mol. The second kappa shape index (κ2) is 8.75. The molecule has 4 rings (SSSR count). The van der Waals surface area contributed by atoms with Gasteiger partial charge in [-0.1, -0.05) is 25.6 Å². The molecule has 2 aromatic heterocycles. The summed E-state index contributed by atoms with van der Waals surface area (Å²) in [6, 6.07) is 8.56. The summed E-state index contributed by atoms with van der Waals surface area (Å²) >= 11 is 0. The average molecular weight is 387 g/mol. The fourth-order valence-corrected chi connectivity index (χ4v) is 4.34. The van der Waals surface area contributed by atoms with Crippen molar-refractivity contribution in [2.45, 2.75) is 46.1 Å². The van der Waals surface area contributed by atoms with Gasteiger partial charge in [0.15, 0.2) is 0 Å². The third kappa shape index (κ3) is 4.33. The molecule has 1 aliphatic rings. The van der Waals surface area contributed by atoms with E-state index < -0.39 is 0 Å². The van der Waals surface area contributed by atoms with E-state index in [0.717, 1.165) is 51.0 Å². The predicted octanol–water partition coefficient (Wildman–Crippen LogP) is 4.99. The zero-order valence-corrected chi connectivity index (χ0v) is 17.6. The molecule has 29 heavy (non-hydrogen) atoms. The van der Waals surface area contributed by atoms with Gasteiger partial charge in [0.25, 0.3) is 0 Å². The van der Waals surface area contributed by atoms with Crippen LogP contribution in [0.5, 0.6) is 0 Å². The van der Waals surface area contributed by atoms with Gasteiger partial charge < -0.3 is 0 Å². The lowest BCUT2D eigenvalue weighted by atomic mass is 9.96. The highest BCUT2D eigenvalue weighted by Gasteiger charge is 2.18. The van der Waals surface area contributed by atoms with Gasteiger partial charge in [-0.2, -0.15) is 5.10 Å². The molecule has 0 bridgehead atoms. The summed E-state index contributed by atoms with van der Waals surface area (Å²) in [5.41, 5.74) is 9.46. The minimum Gasteiger partial charge on any atom is -0.299 e. The summed E-state index contributed by atoms with van der Waals surface area (Å²) in [4.78, 5) is 6.62. The summed E-state index contributed by atoms with van der Waals surface area (Å²) in [6.07, 6.45) is 12.2. The van der Waals surface area contributed by atoms with Crippen LogP contribution in [-0.2, 0) is 19.4 Å². The highest BCUT2D eigenvalue weighted by atomic mass is 15.3. The topological polar surface area (TPSA) is 34.0 Å². The summed E-state index contributed by atoms with van der Waals surface area (Å²) in [5, 5.41) is 4.53. The largest absolute Gasteiger partial charge is 0.299 e. The fourth-order valence-electron chi connectivity index (χ4n) is 4.34. The second-order valence-electron chi connectivity index (χ2n) is 8.00. The molecule has 0 unspecified atom stereocenters. The molecule has 0 saturated carbocycles. The van der Waals surface area contributed by atoms with Crippen LogP contribution in [0, 0.1) is 6.92 Å². The van der Waals surface area contributed by atoms with Gasteiger partial charge in [-0.05, 0) is 79.1 Å². The van der Waals surface area contributed by atoms with E-state index in [0.29, 0.717) is 0 Å². The molecule has 0 amide bonds. The maximum absolute atomic E-state index is 4.53. The van der Waals surface area contributed by atoms with Gasteiger partial charge in [0.05, 0.1) is 11.9 Å². The molecule has 4 heteroatoms.